The maximum atomic E-state index is 6.17. The van der Waals surface area contributed by atoms with Crippen LogP contribution in [0.5, 0.6) is 0 Å². The summed E-state index contributed by atoms with van der Waals surface area (Å²) in [5, 5.41) is 0. The van der Waals surface area contributed by atoms with Gasteiger partial charge in [0.1, 0.15) is 0 Å². The molecule has 0 spiro atoms. The highest BCUT2D eigenvalue weighted by atomic mass is 16.7. The zero-order valence-corrected chi connectivity index (χ0v) is 15.9. The molecule has 1 aliphatic rings. The molecule has 0 atom stereocenters. The van der Waals surface area contributed by atoms with Gasteiger partial charge in [0.05, 0.1) is 0 Å². The summed E-state index contributed by atoms with van der Waals surface area (Å²) in [5.41, 5.74) is 6.57. The van der Waals surface area contributed by atoms with Gasteiger partial charge in [0, 0.05) is 0 Å². The van der Waals surface area contributed by atoms with E-state index in [0.29, 0.717) is 0 Å². The summed E-state index contributed by atoms with van der Waals surface area (Å²) in [6.45, 7) is 6.21. The Bertz CT molecular complexity index is 767. The highest BCUT2D eigenvalue weighted by Crippen LogP contribution is 2.11. The Morgan fingerprint density at radius 2 is 0.630 bits per heavy atom. The van der Waals surface area contributed by atoms with E-state index in [1.807, 2.05) is 36.4 Å². The lowest BCUT2D eigenvalue weighted by Gasteiger charge is -2.31. The molecule has 3 nitrogen and oxygen atoms in total. The number of aryl methyl sites for hydroxylation is 3. The first-order valence-electron chi connectivity index (χ1n) is 9.24. The SMILES string of the molecule is Cc1ccc(B2OB(c3ccc(C)cc3)OB(c3ccc(C)cc3)O2)cc1. The van der Waals surface area contributed by atoms with E-state index >= 15 is 0 Å². The third-order valence-electron chi connectivity index (χ3n) is 4.79. The molecule has 0 saturated carbocycles. The summed E-state index contributed by atoms with van der Waals surface area (Å²) in [5.74, 6) is 0. The first-order valence-corrected chi connectivity index (χ1v) is 9.24. The molecular weight excluding hydrogens is 333 g/mol. The van der Waals surface area contributed by atoms with Gasteiger partial charge in [0.25, 0.3) is 0 Å². The molecule has 4 rings (SSSR count). The Morgan fingerprint density at radius 1 is 0.407 bits per heavy atom. The molecule has 132 valence electrons. The average molecular weight is 354 g/mol. The van der Waals surface area contributed by atoms with Gasteiger partial charge in [-0.3, -0.25) is 0 Å². The fourth-order valence-electron chi connectivity index (χ4n) is 3.08. The topological polar surface area (TPSA) is 27.7 Å². The van der Waals surface area contributed by atoms with Crippen molar-refractivity contribution in [1.82, 2.24) is 0 Å². The van der Waals surface area contributed by atoms with E-state index in [2.05, 4.69) is 57.2 Å². The molecular formula is C21H21B3O3. The van der Waals surface area contributed by atoms with Gasteiger partial charge in [-0.25, -0.2) is 0 Å². The fraction of sp³-hybridized carbons (Fsp3) is 0.143. The van der Waals surface area contributed by atoms with Crippen molar-refractivity contribution in [3.63, 3.8) is 0 Å². The first-order chi connectivity index (χ1) is 13.1. The van der Waals surface area contributed by atoms with Crippen LogP contribution < -0.4 is 16.4 Å². The van der Waals surface area contributed by atoms with Crippen molar-refractivity contribution in [3.8, 4) is 0 Å². The lowest BCUT2D eigenvalue weighted by atomic mass is 9.61. The molecule has 0 radical (unpaired) electrons. The van der Waals surface area contributed by atoms with Crippen LogP contribution in [-0.2, 0) is 13.7 Å². The molecule has 0 aliphatic carbocycles. The molecule has 3 aromatic carbocycles. The van der Waals surface area contributed by atoms with Crippen LogP contribution in [0.2, 0.25) is 0 Å². The second-order valence-corrected chi connectivity index (χ2v) is 7.14. The standard InChI is InChI=1S/C21H21B3O3/c1-16-4-10-19(11-5-16)22-25-23(20-12-6-17(2)7-13-20)27-24(26-22)21-14-8-18(3)9-15-21/h4-15H,1-3H3. The Kier molecular flexibility index (Phi) is 5.21. The predicted octanol–water partition coefficient (Wildman–Crippen LogP) is 2.16. The minimum absolute atomic E-state index is 0.489. The summed E-state index contributed by atoms with van der Waals surface area (Å²) < 4.78 is 18.5. The Hall–Kier alpha value is -2.27. The van der Waals surface area contributed by atoms with Gasteiger partial charge in [0.2, 0.25) is 0 Å². The van der Waals surface area contributed by atoms with E-state index in [1.54, 1.807) is 0 Å². The second-order valence-electron chi connectivity index (χ2n) is 7.14. The van der Waals surface area contributed by atoms with Crippen LogP contribution in [0.1, 0.15) is 16.7 Å². The molecule has 1 fully saturated rings. The van der Waals surface area contributed by atoms with Crippen molar-refractivity contribution in [1.29, 1.82) is 0 Å². The third kappa shape index (κ3) is 4.19. The van der Waals surface area contributed by atoms with E-state index in [0.717, 1.165) is 16.4 Å². The van der Waals surface area contributed by atoms with Crippen molar-refractivity contribution in [2.45, 2.75) is 20.8 Å². The van der Waals surface area contributed by atoms with Gasteiger partial charge in [-0.15, -0.1) is 0 Å². The van der Waals surface area contributed by atoms with Crippen LogP contribution in [0.15, 0.2) is 72.8 Å². The largest absolute Gasteiger partial charge is 0.467 e. The molecule has 0 aromatic heterocycles. The number of hydrogen-bond acceptors (Lipinski definition) is 3. The maximum Gasteiger partial charge on any atom is 0.467 e. The van der Waals surface area contributed by atoms with E-state index in [-0.39, 0.29) is 0 Å². The summed E-state index contributed by atoms with van der Waals surface area (Å²) >= 11 is 0. The average Bonchev–Trinajstić information content (AvgIpc) is 2.69. The first kappa shape index (κ1) is 18.1. The van der Waals surface area contributed by atoms with Crippen LogP contribution >= 0.6 is 0 Å². The van der Waals surface area contributed by atoms with E-state index in [9.17, 15) is 0 Å². The summed E-state index contributed by atoms with van der Waals surface area (Å²) in [6, 6.07) is 24.7. The molecule has 1 aliphatic heterocycles. The lowest BCUT2D eigenvalue weighted by Crippen LogP contribution is -2.61. The van der Waals surface area contributed by atoms with Crippen LogP contribution in [-0.4, -0.2) is 21.4 Å². The highest BCUT2D eigenvalue weighted by Gasteiger charge is 2.43. The number of benzene rings is 3. The van der Waals surface area contributed by atoms with Crippen molar-refractivity contribution >= 4 is 37.7 Å². The van der Waals surface area contributed by atoms with Crippen LogP contribution in [0.25, 0.3) is 0 Å². The normalized spacial score (nSPS) is 14.6. The number of rotatable bonds is 3. The smallest absolute Gasteiger partial charge is 0.445 e. The molecule has 3 aromatic rings. The quantitative estimate of drug-likeness (QED) is 0.675. The Balaban J connectivity index is 1.66. The summed E-state index contributed by atoms with van der Waals surface area (Å²) in [7, 11) is -1.47. The molecule has 0 unspecified atom stereocenters. The van der Waals surface area contributed by atoms with Gasteiger partial charge in [0.15, 0.2) is 0 Å². The zero-order valence-electron chi connectivity index (χ0n) is 15.9. The molecule has 6 heteroatoms. The van der Waals surface area contributed by atoms with Crippen molar-refractivity contribution < 1.29 is 13.7 Å². The van der Waals surface area contributed by atoms with Crippen molar-refractivity contribution in [3.05, 3.63) is 89.5 Å². The van der Waals surface area contributed by atoms with Crippen molar-refractivity contribution in [2.24, 2.45) is 0 Å². The predicted molar refractivity (Wildman–Crippen MR) is 113 cm³/mol. The summed E-state index contributed by atoms with van der Waals surface area (Å²) in [6.07, 6.45) is 0. The van der Waals surface area contributed by atoms with Crippen LogP contribution in [0.4, 0.5) is 0 Å². The fourth-order valence-corrected chi connectivity index (χ4v) is 3.08. The molecule has 1 heterocycles. The van der Waals surface area contributed by atoms with Gasteiger partial charge in [-0.2, -0.15) is 0 Å². The van der Waals surface area contributed by atoms with Crippen LogP contribution in [0, 0.1) is 20.8 Å². The Morgan fingerprint density at radius 3 is 0.852 bits per heavy atom. The second kappa shape index (κ2) is 7.77. The molecule has 0 N–H and O–H groups in total. The van der Waals surface area contributed by atoms with E-state index in [4.69, 9.17) is 13.7 Å². The van der Waals surface area contributed by atoms with E-state index in [1.165, 1.54) is 16.7 Å². The monoisotopic (exact) mass is 354 g/mol. The maximum absolute atomic E-state index is 6.17. The number of hydrogen-bond donors (Lipinski definition) is 0. The minimum Gasteiger partial charge on any atom is -0.445 e. The Labute approximate surface area is 162 Å². The summed E-state index contributed by atoms with van der Waals surface area (Å²) in [4.78, 5) is 0. The molecule has 27 heavy (non-hydrogen) atoms. The van der Waals surface area contributed by atoms with Gasteiger partial charge < -0.3 is 13.7 Å². The molecule has 0 bridgehead atoms. The van der Waals surface area contributed by atoms with E-state index < -0.39 is 21.4 Å². The lowest BCUT2D eigenvalue weighted by molar-refractivity contribution is 0.308. The van der Waals surface area contributed by atoms with Crippen molar-refractivity contribution in [2.75, 3.05) is 0 Å². The minimum atomic E-state index is -0.489. The molecule has 0 amide bonds. The van der Waals surface area contributed by atoms with Crippen LogP contribution in [0.3, 0.4) is 0 Å². The zero-order chi connectivity index (χ0) is 18.8. The molecule has 1 saturated heterocycles. The van der Waals surface area contributed by atoms with Gasteiger partial charge in [-0.05, 0) is 37.2 Å². The third-order valence-corrected chi connectivity index (χ3v) is 4.79. The van der Waals surface area contributed by atoms with Gasteiger partial charge >= 0.3 is 21.4 Å². The highest BCUT2D eigenvalue weighted by molar-refractivity contribution is 6.87. The van der Waals surface area contributed by atoms with Gasteiger partial charge in [-0.1, -0.05) is 89.5 Å².